The Balaban J connectivity index is 0. The number of hydrogen-bond acceptors (Lipinski definition) is 4. The number of rotatable bonds is 9. The Morgan fingerprint density at radius 2 is 1.65 bits per heavy atom. The van der Waals surface area contributed by atoms with Crippen molar-refractivity contribution in [2.75, 3.05) is 26.2 Å². The van der Waals surface area contributed by atoms with Gasteiger partial charge in [0.25, 0.3) is 0 Å². The predicted octanol–water partition coefficient (Wildman–Crippen LogP) is 3.97. The molecular formula is C19H39NO3. The molecule has 0 aromatic heterocycles. The van der Waals surface area contributed by atoms with E-state index in [0.29, 0.717) is 43.5 Å². The number of ether oxygens (including phenoxy) is 1. The Hall–Kier alpha value is -0.740. The molecule has 23 heavy (non-hydrogen) atoms. The molecule has 138 valence electrons. The molecule has 0 N–H and O–H groups in total. The molecule has 0 aromatic carbocycles. The highest BCUT2D eigenvalue weighted by Crippen LogP contribution is 2.21. The molecule has 4 nitrogen and oxygen atoms in total. The van der Waals surface area contributed by atoms with Gasteiger partial charge in [-0.2, -0.15) is 0 Å². The summed E-state index contributed by atoms with van der Waals surface area (Å²) in [4.78, 5) is 25.9. The lowest BCUT2D eigenvalue weighted by Gasteiger charge is -2.31. The van der Waals surface area contributed by atoms with Crippen LogP contribution in [0, 0.1) is 11.8 Å². The normalized spacial score (nSPS) is 16.1. The van der Waals surface area contributed by atoms with Crippen LogP contribution in [-0.2, 0) is 14.3 Å². The Morgan fingerprint density at radius 3 is 2.13 bits per heavy atom. The fraction of sp³-hybridized carbons (Fsp3) is 0.895. The average Bonchev–Trinajstić information content (AvgIpc) is 2.40. The molecule has 0 atom stereocenters. The molecule has 1 saturated heterocycles. The number of piperidine rings is 1. The average molecular weight is 330 g/mol. The first-order chi connectivity index (χ1) is 9.88. The summed E-state index contributed by atoms with van der Waals surface area (Å²) in [6.45, 7) is 10.9. The molecule has 0 saturated carbocycles. The van der Waals surface area contributed by atoms with E-state index < -0.39 is 0 Å². The molecular weight excluding hydrogens is 290 g/mol. The Kier molecular flexibility index (Phi) is 13.5. The molecule has 4 heteroatoms. The van der Waals surface area contributed by atoms with Gasteiger partial charge in [-0.05, 0) is 45.7 Å². The summed E-state index contributed by atoms with van der Waals surface area (Å²) in [5.74, 6) is 1.23. The monoisotopic (exact) mass is 329 g/mol. The summed E-state index contributed by atoms with van der Waals surface area (Å²) in [7, 11) is 0. The standard InChI is InChI=1S/C17H31NO3.2CH4/c1-13(2)17(20)12-18-8-5-15(6-9-18)11-16(19)7-10-21-14(3)4;;/h13-15H,5-12H2,1-4H3;2*1H4. The van der Waals surface area contributed by atoms with Crippen molar-refractivity contribution in [1.82, 2.24) is 4.90 Å². The first-order valence-electron chi connectivity index (χ1n) is 8.26. The second kappa shape index (κ2) is 12.7. The van der Waals surface area contributed by atoms with Gasteiger partial charge in [-0.15, -0.1) is 0 Å². The maximum atomic E-state index is 11.9. The van der Waals surface area contributed by atoms with E-state index in [-0.39, 0.29) is 26.9 Å². The predicted molar refractivity (Wildman–Crippen MR) is 97.8 cm³/mol. The van der Waals surface area contributed by atoms with Gasteiger partial charge < -0.3 is 4.74 Å². The number of carbonyl (C=O) groups excluding carboxylic acids is 2. The van der Waals surface area contributed by atoms with E-state index in [0.717, 1.165) is 25.9 Å². The summed E-state index contributed by atoms with van der Waals surface area (Å²) >= 11 is 0. The lowest BCUT2D eigenvalue weighted by atomic mass is 9.90. The van der Waals surface area contributed by atoms with Gasteiger partial charge in [0.1, 0.15) is 11.6 Å². The van der Waals surface area contributed by atoms with Crippen molar-refractivity contribution in [2.45, 2.75) is 74.3 Å². The molecule has 1 heterocycles. The SMILES string of the molecule is C.C.CC(C)OCCC(=O)CC1CCN(CC(=O)C(C)C)CC1. The number of ketones is 2. The van der Waals surface area contributed by atoms with Crippen LogP contribution >= 0.6 is 0 Å². The second-order valence-corrected chi connectivity index (χ2v) is 6.75. The maximum absolute atomic E-state index is 11.9. The van der Waals surface area contributed by atoms with Crippen LogP contribution in [0.3, 0.4) is 0 Å². The fourth-order valence-corrected chi connectivity index (χ4v) is 2.58. The molecule has 0 bridgehead atoms. The number of Topliss-reactive ketones (excluding diaryl/α,β-unsaturated/α-hetero) is 2. The second-order valence-electron chi connectivity index (χ2n) is 6.75. The highest BCUT2D eigenvalue weighted by atomic mass is 16.5. The zero-order valence-electron chi connectivity index (χ0n) is 14.1. The van der Waals surface area contributed by atoms with Crippen LogP contribution in [0.25, 0.3) is 0 Å². The molecule has 0 aromatic rings. The number of hydrogen-bond donors (Lipinski definition) is 0. The van der Waals surface area contributed by atoms with Gasteiger partial charge in [0.15, 0.2) is 0 Å². The van der Waals surface area contributed by atoms with Gasteiger partial charge in [-0.3, -0.25) is 14.5 Å². The Labute approximate surface area is 144 Å². The summed E-state index contributed by atoms with van der Waals surface area (Å²) in [6, 6.07) is 0. The van der Waals surface area contributed by atoms with Gasteiger partial charge in [0.05, 0.1) is 19.3 Å². The third-order valence-electron chi connectivity index (χ3n) is 4.08. The van der Waals surface area contributed by atoms with E-state index in [2.05, 4.69) is 4.90 Å². The van der Waals surface area contributed by atoms with Crippen molar-refractivity contribution >= 4 is 11.6 Å². The minimum Gasteiger partial charge on any atom is -0.378 e. The molecule has 1 aliphatic heterocycles. The molecule has 0 aliphatic carbocycles. The summed E-state index contributed by atoms with van der Waals surface area (Å²) in [6.07, 6.45) is 3.46. The molecule has 0 amide bonds. The van der Waals surface area contributed by atoms with Crippen LogP contribution in [0.2, 0.25) is 0 Å². The van der Waals surface area contributed by atoms with Crippen molar-refractivity contribution < 1.29 is 14.3 Å². The van der Waals surface area contributed by atoms with Crippen molar-refractivity contribution in [3.63, 3.8) is 0 Å². The largest absolute Gasteiger partial charge is 0.378 e. The lowest BCUT2D eigenvalue weighted by Crippen LogP contribution is -2.38. The topological polar surface area (TPSA) is 46.6 Å². The highest BCUT2D eigenvalue weighted by Gasteiger charge is 2.23. The number of nitrogens with zero attached hydrogens (tertiary/aromatic N) is 1. The lowest BCUT2D eigenvalue weighted by molar-refractivity contribution is -0.124. The zero-order valence-corrected chi connectivity index (χ0v) is 14.1. The molecule has 0 unspecified atom stereocenters. The van der Waals surface area contributed by atoms with Crippen LogP contribution in [0.1, 0.15) is 68.2 Å². The van der Waals surface area contributed by atoms with E-state index >= 15 is 0 Å². The Bertz CT molecular complexity index is 332. The minimum absolute atomic E-state index is 0. The molecule has 1 fully saturated rings. The highest BCUT2D eigenvalue weighted by molar-refractivity contribution is 5.82. The van der Waals surface area contributed by atoms with E-state index in [4.69, 9.17) is 4.74 Å². The summed E-state index contributed by atoms with van der Waals surface area (Å²) in [5, 5.41) is 0. The smallest absolute Gasteiger partial charge is 0.149 e. The van der Waals surface area contributed by atoms with E-state index in [9.17, 15) is 9.59 Å². The van der Waals surface area contributed by atoms with Crippen LogP contribution in [0.15, 0.2) is 0 Å². The van der Waals surface area contributed by atoms with Crippen molar-refractivity contribution in [3.05, 3.63) is 0 Å². The van der Waals surface area contributed by atoms with Gasteiger partial charge in [-0.25, -0.2) is 0 Å². The first-order valence-corrected chi connectivity index (χ1v) is 8.26. The van der Waals surface area contributed by atoms with Crippen molar-refractivity contribution in [1.29, 1.82) is 0 Å². The quantitative estimate of drug-likeness (QED) is 0.642. The van der Waals surface area contributed by atoms with Crippen LogP contribution in [-0.4, -0.2) is 48.8 Å². The zero-order chi connectivity index (χ0) is 15.8. The fourth-order valence-electron chi connectivity index (χ4n) is 2.58. The third kappa shape index (κ3) is 10.6. The van der Waals surface area contributed by atoms with E-state index in [1.165, 1.54) is 0 Å². The minimum atomic E-state index is 0. The molecule has 1 rings (SSSR count). The summed E-state index contributed by atoms with van der Waals surface area (Å²) < 4.78 is 5.42. The number of carbonyl (C=O) groups is 2. The molecule has 0 spiro atoms. The summed E-state index contributed by atoms with van der Waals surface area (Å²) in [5.41, 5.74) is 0. The van der Waals surface area contributed by atoms with Crippen LogP contribution in [0.4, 0.5) is 0 Å². The Morgan fingerprint density at radius 1 is 1.09 bits per heavy atom. The number of likely N-dealkylation sites (tertiary alicyclic amines) is 1. The van der Waals surface area contributed by atoms with Gasteiger partial charge in [0, 0.05) is 18.8 Å². The molecule has 0 radical (unpaired) electrons. The van der Waals surface area contributed by atoms with E-state index in [1.807, 2.05) is 27.7 Å². The maximum Gasteiger partial charge on any atom is 0.149 e. The van der Waals surface area contributed by atoms with Crippen LogP contribution in [0.5, 0.6) is 0 Å². The third-order valence-corrected chi connectivity index (χ3v) is 4.08. The van der Waals surface area contributed by atoms with E-state index in [1.54, 1.807) is 0 Å². The molecule has 1 aliphatic rings. The van der Waals surface area contributed by atoms with Crippen LogP contribution < -0.4 is 0 Å². The first kappa shape index (κ1) is 24.5. The van der Waals surface area contributed by atoms with Gasteiger partial charge >= 0.3 is 0 Å². The van der Waals surface area contributed by atoms with Gasteiger partial charge in [-0.1, -0.05) is 28.7 Å². The van der Waals surface area contributed by atoms with Crippen molar-refractivity contribution in [3.8, 4) is 0 Å². The van der Waals surface area contributed by atoms with Gasteiger partial charge in [0.2, 0.25) is 0 Å². The van der Waals surface area contributed by atoms with Crippen molar-refractivity contribution in [2.24, 2.45) is 11.8 Å².